The molecule has 1 fully saturated rings. The molecular formula is C27H27N5O3. The molecule has 1 N–H and O–H groups in total. The number of nitrogens with zero attached hydrogens (tertiary/aromatic N) is 4. The average Bonchev–Trinajstić information content (AvgIpc) is 3.27. The molecule has 0 radical (unpaired) electrons. The van der Waals surface area contributed by atoms with Gasteiger partial charge in [-0.25, -0.2) is 14.6 Å². The van der Waals surface area contributed by atoms with Gasteiger partial charge in [0.05, 0.1) is 30.3 Å². The van der Waals surface area contributed by atoms with Gasteiger partial charge in [0, 0.05) is 31.9 Å². The highest BCUT2D eigenvalue weighted by atomic mass is 16.5. The highest BCUT2D eigenvalue weighted by Gasteiger charge is 2.25. The van der Waals surface area contributed by atoms with Gasteiger partial charge in [0.15, 0.2) is 0 Å². The SMILES string of the molecule is COC(=O)c1cccc(NC(=O)N2CCN(c3nc4ccccc4n3Cc3ccccc3)CC2)c1. The molecule has 1 aromatic heterocycles. The molecule has 2 heterocycles. The Morgan fingerprint density at radius 1 is 0.914 bits per heavy atom. The fraction of sp³-hybridized carbons (Fsp3) is 0.222. The van der Waals surface area contributed by atoms with Gasteiger partial charge in [-0.3, -0.25) is 0 Å². The van der Waals surface area contributed by atoms with Crippen LogP contribution in [0, 0.1) is 0 Å². The number of imidazole rings is 1. The summed E-state index contributed by atoms with van der Waals surface area (Å²) in [6.45, 7) is 3.21. The van der Waals surface area contributed by atoms with E-state index in [4.69, 9.17) is 9.72 Å². The van der Waals surface area contributed by atoms with Crippen molar-refractivity contribution in [2.24, 2.45) is 0 Å². The maximum Gasteiger partial charge on any atom is 0.337 e. The third-order valence-electron chi connectivity index (χ3n) is 6.20. The lowest BCUT2D eigenvalue weighted by molar-refractivity contribution is 0.0600. The Morgan fingerprint density at radius 3 is 2.43 bits per heavy atom. The summed E-state index contributed by atoms with van der Waals surface area (Å²) in [5.74, 6) is 0.481. The molecule has 0 unspecified atom stereocenters. The van der Waals surface area contributed by atoms with Crippen molar-refractivity contribution < 1.29 is 14.3 Å². The summed E-state index contributed by atoms with van der Waals surface area (Å²) in [5.41, 5.74) is 4.22. The first-order valence-corrected chi connectivity index (χ1v) is 11.6. The van der Waals surface area contributed by atoms with Crippen LogP contribution in [0.25, 0.3) is 11.0 Å². The maximum absolute atomic E-state index is 12.9. The van der Waals surface area contributed by atoms with Crippen LogP contribution in [0.2, 0.25) is 0 Å². The fourth-order valence-corrected chi connectivity index (χ4v) is 4.38. The molecule has 8 heteroatoms. The summed E-state index contributed by atoms with van der Waals surface area (Å²) < 4.78 is 7.01. The monoisotopic (exact) mass is 469 g/mol. The van der Waals surface area contributed by atoms with Crippen molar-refractivity contribution in [1.29, 1.82) is 0 Å². The third kappa shape index (κ3) is 4.82. The predicted molar refractivity (Wildman–Crippen MR) is 136 cm³/mol. The van der Waals surface area contributed by atoms with E-state index in [2.05, 4.69) is 33.0 Å². The zero-order chi connectivity index (χ0) is 24.2. The summed E-state index contributed by atoms with van der Waals surface area (Å²) >= 11 is 0. The van der Waals surface area contributed by atoms with Crippen LogP contribution < -0.4 is 10.2 Å². The van der Waals surface area contributed by atoms with E-state index < -0.39 is 5.97 Å². The van der Waals surface area contributed by atoms with Gasteiger partial charge in [0.2, 0.25) is 5.95 Å². The lowest BCUT2D eigenvalue weighted by Crippen LogP contribution is -2.50. The fourth-order valence-electron chi connectivity index (χ4n) is 4.38. The predicted octanol–water partition coefficient (Wildman–Crippen LogP) is 4.23. The van der Waals surface area contributed by atoms with Crippen LogP contribution in [0.1, 0.15) is 15.9 Å². The highest BCUT2D eigenvalue weighted by Crippen LogP contribution is 2.25. The molecule has 1 aliphatic heterocycles. The first-order valence-electron chi connectivity index (χ1n) is 11.6. The van der Waals surface area contributed by atoms with Gasteiger partial charge in [-0.1, -0.05) is 48.5 Å². The molecule has 8 nitrogen and oxygen atoms in total. The summed E-state index contributed by atoms with van der Waals surface area (Å²) in [4.78, 5) is 33.6. The Hall–Kier alpha value is -4.33. The number of anilines is 2. The first kappa shape index (κ1) is 22.5. The van der Waals surface area contributed by atoms with Crippen molar-refractivity contribution in [3.05, 3.63) is 90.0 Å². The number of methoxy groups -OCH3 is 1. The van der Waals surface area contributed by atoms with Crippen LogP contribution in [0.4, 0.5) is 16.4 Å². The van der Waals surface area contributed by atoms with E-state index in [-0.39, 0.29) is 6.03 Å². The number of aromatic nitrogens is 2. The molecule has 0 bridgehead atoms. The largest absolute Gasteiger partial charge is 0.465 e. The number of amides is 2. The van der Waals surface area contributed by atoms with Crippen molar-refractivity contribution >= 4 is 34.7 Å². The van der Waals surface area contributed by atoms with E-state index in [0.717, 1.165) is 23.5 Å². The number of esters is 1. The molecule has 35 heavy (non-hydrogen) atoms. The molecule has 0 aliphatic carbocycles. The lowest BCUT2D eigenvalue weighted by atomic mass is 10.2. The van der Waals surface area contributed by atoms with Crippen LogP contribution >= 0.6 is 0 Å². The summed E-state index contributed by atoms with van der Waals surface area (Å²) in [5, 5.41) is 2.89. The van der Waals surface area contributed by atoms with E-state index in [1.807, 2.05) is 36.4 Å². The molecule has 1 aliphatic rings. The Balaban J connectivity index is 1.29. The molecule has 5 rings (SSSR count). The number of rotatable bonds is 5. The first-order chi connectivity index (χ1) is 17.1. The van der Waals surface area contributed by atoms with E-state index in [1.165, 1.54) is 12.7 Å². The smallest absolute Gasteiger partial charge is 0.337 e. The Bertz CT molecular complexity index is 1340. The molecule has 4 aromatic rings. The average molecular weight is 470 g/mol. The Labute approximate surface area is 203 Å². The van der Waals surface area contributed by atoms with Crippen LogP contribution in [-0.4, -0.2) is 59.7 Å². The number of fused-ring (bicyclic) bond motifs is 1. The minimum atomic E-state index is -0.437. The number of hydrogen-bond acceptors (Lipinski definition) is 5. The topological polar surface area (TPSA) is 79.7 Å². The molecular weight excluding hydrogens is 442 g/mol. The van der Waals surface area contributed by atoms with Gasteiger partial charge < -0.3 is 24.4 Å². The molecule has 1 saturated heterocycles. The molecule has 3 aromatic carbocycles. The summed E-state index contributed by atoms with van der Waals surface area (Å²) in [7, 11) is 1.33. The van der Waals surface area contributed by atoms with E-state index in [0.29, 0.717) is 37.4 Å². The number of benzene rings is 3. The minimum absolute atomic E-state index is 0.190. The van der Waals surface area contributed by atoms with E-state index in [9.17, 15) is 9.59 Å². The maximum atomic E-state index is 12.9. The van der Waals surface area contributed by atoms with Crippen molar-refractivity contribution in [3.8, 4) is 0 Å². The third-order valence-corrected chi connectivity index (χ3v) is 6.20. The van der Waals surface area contributed by atoms with Crippen LogP contribution in [0.3, 0.4) is 0 Å². The number of urea groups is 1. The van der Waals surface area contributed by atoms with E-state index >= 15 is 0 Å². The quantitative estimate of drug-likeness (QED) is 0.443. The Kier molecular flexibility index (Phi) is 6.34. The number of piperazine rings is 1. The van der Waals surface area contributed by atoms with E-state index in [1.54, 1.807) is 29.2 Å². The summed E-state index contributed by atoms with van der Waals surface area (Å²) in [6, 6.07) is 25.1. The second-order valence-electron chi connectivity index (χ2n) is 8.45. The number of hydrogen-bond donors (Lipinski definition) is 1. The second kappa shape index (κ2) is 9.89. The standard InChI is InChI=1S/C27H27N5O3/c1-35-25(33)21-10-7-11-22(18-21)28-27(34)31-16-14-30(15-17-31)26-29-23-12-5-6-13-24(23)32(26)19-20-8-3-2-4-9-20/h2-13,18H,14-17,19H2,1H3,(H,28,34). The molecule has 0 spiro atoms. The highest BCUT2D eigenvalue weighted by molar-refractivity contribution is 5.94. The zero-order valence-corrected chi connectivity index (χ0v) is 19.6. The molecule has 0 atom stereocenters. The van der Waals surface area contributed by atoms with Crippen LogP contribution in [0.5, 0.6) is 0 Å². The molecule has 178 valence electrons. The van der Waals surface area contributed by atoms with Crippen molar-refractivity contribution in [2.45, 2.75) is 6.54 Å². The number of para-hydroxylation sites is 2. The zero-order valence-electron chi connectivity index (χ0n) is 19.6. The van der Waals surface area contributed by atoms with Crippen molar-refractivity contribution in [1.82, 2.24) is 14.5 Å². The lowest BCUT2D eigenvalue weighted by Gasteiger charge is -2.35. The minimum Gasteiger partial charge on any atom is -0.465 e. The number of ether oxygens (including phenoxy) is 1. The van der Waals surface area contributed by atoms with Crippen molar-refractivity contribution in [3.63, 3.8) is 0 Å². The van der Waals surface area contributed by atoms with Crippen LogP contribution in [-0.2, 0) is 11.3 Å². The number of nitrogens with one attached hydrogen (secondary N) is 1. The van der Waals surface area contributed by atoms with Gasteiger partial charge in [0.1, 0.15) is 0 Å². The number of carbonyl (C=O) groups is 2. The second-order valence-corrected chi connectivity index (χ2v) is 8.45. The van der Waals surface area contributed by atoms with Gasteiger partial charge in [-0.15, -0.1) is 0 Å². The van der Waals surface area contributed by atoms with Crippen molar-refractivity contribution in [2.75, 3.05) is 43.5 Å². The molecule has 2 amide bonds. The normalized spacial score (nSPS) is 13.6. The Morgan fingerprint density at radius 2 is 1.66 bits per heavy atom. The van der Waals surface area contributed by atoms with Crippen LogP contribution in [0.15, 0.2) is 78.9 Å². The van der Waals surface area contributed by atoms with Gasteiger partial charge >= 0.3 is 12.0 Å². The van der Waals surface area contributed by atoms with Gasteiger partial charge in [-0.05, 0) is 35.9 Å². The molecule has 0 saturated carbocycles. The summed E-state index contributed by atoms with van der Waals surface area (Å²) in [6.07, 6.45) is 0. The van der Waals surface area contributed by atoms with Gasteiger partial charge in [-0.2, -0.15) is 0 Å². The van der Waals surface area contributed by atoms with Gasteiger partial charge in [0.25, 0.3) is 0 Å². The number of carbonyl (C=O) groups excluding carboxylic acids is 2.